The van der Waals surface area contributed by atoms with Crippen LogP contribution in [0.4, 0.5) is 14.4 Å². The maximum atomic E-state index is 13.4. The Bertz CT molecular complexity index is 1490. The zero-order valence-electron chi connectivity index (χ0n) is 37.4. The van der Waals surface area contributed by atoms with Gasteiger partial charge in [-0.2, -0.15) is 0 Å². The smallest absolute Gasteiger partial charge is 0.426 e. The van der Waals surface area contributed by atoms with E-state index in [4.69, 9.17) is 14.2 Å². The quantitative estimate of drug-likeness (QED) is 0.0529. The molecule has 61 heavy (non-hydrogen) atoms. The van der Waals surface area contributed by atoms with Crippen molar-refractivity contribution in [1.82, 2.24) is 10.2 Å². The molecule has 0 unspecified atom stereocenters. The van der Waals surface area contributed by atoms with Gasteiger partial charge in [0, 0.05) is 12.3 Å². The van der Waals surface area contributed by atoms with Crippen molar-refractivity contribution >= 4 is 30.2 Å². The third-order valence-electron chi connectivity index (χ3n) is 11.6. The number of carbonyl (C=O) groups is 5. The Morgan fingerprint density at radius 3 is 1.33 bits per heavy atom. The van der Waals surface area contributed by atoms with E-state index >= 15 is 0 Å². The van der Waals surface area contributed by atoms with Gasteiger partial charge in [-0.1, -0.05) is 204 Å². The molecule has 1 aliphatic rings. The lowest BCUT2D eigenvalue weighted by Crippen LogP contribution is -2.45. The van der Waals surface area contributed by atoms with Crippen molar-refractivity contribution in [3.8, 4) is 11.1 Å². The van der Waals surface area contributed by atoms with Crippen LogP contribution in [0.5, 0.6) is 0 Å². The molecule has 340 valence electrons. The molecule has 2 aromatic carbocycles. The van der Waals surface area contributed by atoms with E-state index in [2.05, 4.69) is 19.2 Å². The number of nitrogens with one attached hydrogen (secondary N) is 1. The van der Waals surface area contributed by atoms with Gasteiger partial charge in [-0.25, -0.2) is 19.2 Å². The van der Waals surface area contributed by atoms with Crippen LogP contribution >= 0.6 is 0 Å². The Morgan fingerprint density at radius 2 is 0.934 bits per heavy atom. The fourth-order valence-corrected chi connectivity index (χ4v) is 8.03. The number of carbonyl (C=O) groups excluding carboxylic acids is 4. The lowest BCUT2D eigenvalue weighted by atomic mass is 9.98. The molecule has 0 radical (unpaired) electrons. The number of carboxylic acids is 1. The molecular formula is C50H76N2O9. The number of benzene rings is 2. The predicted octanol–water partition coefficient (Wildman–Crippen LogP) is 13.3. The molecule has 11 heteroatoms. The molecular weight excluding hydrogens is 773 g/mol. The second kappa shape index (κ2) is 31.4. The fraction of sp³-hybridized carbons (Fsp3) is 0.660. The highest BCUT2D eigenvalue weighted by atomic mass is 16.6. The van der Waals surface area contributed by atoms with Crippen LogP contribution in [0, 0.1) is 0 Å². The molecule has 1 aliphatic carbocycles. The number of hydrogen-bond acceptors (Lipinski definition) is 8. The van der Waals surface area contributed by atoms with Gasteiger partial charge in [-0.05, 0) is 41.5 Å². The summed E-state index contributed by atoms with van der Waals surface area (Å²) in [7, 11) is 0. The van der Waals surface area contributed by atoms with E-state index in [1.54, 1.807) is 0 Å². The van der Waals surface area contributed by atoms with Crippen LogP contribution < -0.4 is 5.32 Å². The van der Waals surface area contributed by atoms with Crippen LogP contribution in [0.25, 0.3) is 11.1 Å². The van der Waals surface area contributed by atoms with Gasteiger partial charge >= 0.3 is 24.2 Å². The number of carboxylic acid groups (broad SMARTS) is 1. The summed E-state index contributed by atoms with van der Waals surface area (Å²) in [6.45, 7) is 4.50. The zero-order valence-corrected chi connectivity index (χ0v) is 37.4. The summed E-state index contributed by atoms with van der Waals surface area (Å²) in [5.74, 6) is -2.59. The highest BCUT2D eigenvalue weighted by Gasteiger charge is 2.34. The van der Waals surface area contributed by atoms with E-state index in [9.17, 15) is 29.1 Å². The van der Waals surface area contributed by atoms with Crippen LogP contribution in [-0.2, 0) is 23.8 Å². The zero-order chi connectivity index (χ0) is 43.9. The summed E-state index contributed by atoms with van der Waals surface area (Å²) in [6, 6.07) is 14.2. The third-order valence-corrected chi connectivity index (χ3v) is 11.6. The highest BCUT2D eigenvalue weighted by molar-refractivity contribution is 6.06. The third kappa shape index (κ3) is 19.9. The number of amides is 4. The van der Waals surface area contributed by atoms with E-state index in [0.717, 1.165) is 60.8 Å². The first-order valence-electron chi connectivity index (χ1n) is 23.8. The Balaban J connectivity index is 1.45. The van der Waals surface area contributed by atoms with Gasteiger partial charge in [-0.15, -0.1) is 4.90 Å². The molecule has 2 aromatic rings. The topological polar surface area (TPSA) is 149 Å². The molecule has 0 heterocycles. The maximum absolute atomic E-state index is 13.4. The van der Waals surface area contributed by atoms with Crippen molar-refractivity contribution in [2.75, 3.05) is 19.8 Å². The maximum Gasteiger partial charge on any atom is 0.426 e. The number of alkyl carbamates (subject to hydrolysis) is 1. The van der Waals surface area contributed by atoms with Crippen LogP contribution in [0.15, 0.2) is 48.5 Å². The molecule has 0 spiro atoms. The second-order valence-corrected chi connectivity index (χ2v) is 16.6. The van der Waals surface area contributed by atoms with Gasteiger partial charge in [0.2, 0.25) is 5.91 Å². The average Bonchev–Trinajstić information content (AvgIpc) is 3.58. The van der Waals surface area contributed by atoms with E-state index in [0.29, 0.717) is 17.7 Å². The van der Waals surface area contributed by atoms with Gasteiger partial charge in [-0.3, -0.25) is 4.79 Å². The number of unbranched alkanes of at least 4 members (excludes halogenated alkanes) is 22. The predicted molar refractivity (Wildman–Crippen MR) is 241 cm³/mol. The summed E-state index contributed by atoms with van der Waals surface area (Å²) in [5.41, 5.74) is 4.12. The molecule has 3 rings (SSSR count). The van der Waals surface area contributed by atoms with E-state index in [1.807, 2.05) is 48.5 Å². The molecule has 0 bridgehead atoms. The van der Waals surface area contributed by atoms with Crippen molar-refractivity contribution in [2.24, 2.45) is 0 Å². The van der Waals surface area contributed by atoms with Gasteiger partial charge < -0.3 is 24.6 Å². The Hall–Kier alpha value is -4.41. The van der Waals surface area contributed by atoms with Crippen molar-refractivity contribution in [1.29, 1.82) is 0 Å². The monoisotopic (exact) mass is 849 g/mol. The molecule has 0 saturated carbocycles. The van der Waals surface area contributed by atoms with Gasteiger partial charge in [0.1, 0.15) is 12.6 Å². The first-order valence-corrected chi connectivity index (χ1v) is 23.8. The molecule has 0 aromatic heterocycles. The molecule has 4 amide bonds. The molecule has 1 atom stereocenters. The summed E-state index contributed by atoms with van der Waals surface area (Å²) in [6.07, 6.45) is 23.2. The number of rotatable bonds is 33. The number of nitrogens with zero attached hydrogens (tertiary/aromatic N) is 1. The Kier molecular flexibility index (Phi) is 26.3. The second-order valence-electron chi connectivity index (χ2n) is 16.6. The molecule has 0 fully saturated rings. The van der Waals surface area contributed by atoms with Crippen LogP contribution in [0.3, 0.4) is 0 Å². The van der Waals surface area contributed by atoms with Crippen molar-refractivity contribution in [2.45, 2.75) is 193 Å². The summed E-state index contributed by atoms with van der Waals surface area (Å²) < 4.78 is 16.3. The van der Waals surface area contributed by atoms with Crippen LogP contribution in [-0.4, -0.2) is 66.0 Å². The Morgan fingerprint density at radius 1 is 0.557 bits per heavy atom. The molecule has 0 saturated heterocycles. The van der Waals surface area contributed by atoms with Gasteiger partial charge in [0.05, 0.1) is 13.2 Å². The minimum absolute atomic E-state index is 0.0189. The van der Waals surface area contributed by atoms with E-state index in [-0.39, 0.29) is 25.7 Å². The number of ether oxygens (including phenoxy) is 3. The molecule has 0 aliphatic heterocycles. The minimum Gasteiger partial charge on any atom is -0.480 e. The number of hydrogen-bond donors (Lipinski definition) is 2. The fourth-order valence-electron chi connectivity index (χ4n) is 8.03. The lowest BCUT2D eigenvalue weighted by molar-refractivity contribution is -0.139. The number of imide groups is 3. The molecule has 11 nitrogen and oxygen atoms in total. The van der Waals surface area contributed by atoms with Crippen molar-refractivity contribution in [3.05, 3.63) is 59.7 Å². The summed E-state index contributed by atoms with van der Waals surface area (Å²) in [5, 5.41) is 12.3. The van der Waals surface area contributed by atoms with Crippen LogP contribution in [0.1, 0.15) is 198 Å². The Labute approximate surface area is 366 Å². The number of aliphatic carboxylic acids is 1. The first-order chi connectivity index (χ1) is 29.8. The largest absolute Gasteiger partial charge is 0.480 e. The van der Waals surface area contributed by atoms with Crippen molar-refractivity contribution < 1.29 is 43.3 Å². The summed E-state index contributed by atoms with van der Waals surface area (Å²) >= 11 is 0. The molecule has 2 N–H and O–H groups in total. The SMILES string of the molecule is CCCCCCCCCCCCCCOC(=O)N(C(=O)CC[C@@H](NC(=O)OCC1c2ccccc2-c2ccccc21)C(=O)O)C(=O)OCCCCCCCCCCCCCC. The summed E-state index contributed by atoms with van der Waals surface area (Å²) in [4.78, 5) is 65.2. The minimum atomic E-state index is -1.52. The van der Waals surface area contributed by atoms with E-state index in [1.165, 1.54) is 103 Å². The first kappa shape index (κ1) is 50.9. The normalized spacial score (nSPS) is 12.3. The van der Waals surface area contributed by atoms with Crippen LogP contribution in [0.2, 0.25) is 0 Å². The van der Waals surface area contributed by atoms with Gasteiger partial charge in [0.25, 0.3) is 0 Å². The van der Waals surface area contributed by atoms with E-state index < -0.39 is 49.0 Å². The number of fused-ring (bicyclic) bond motifs is 3. The lowest BCUT2D eigenvalue weighted by Gasteiger charge is -2.20. The highest BCUT2D eigenvalue weighted by Crippen LogP contribution is 2.44. The van der Waals surface area contributed by atoms with Crippen molar-refractivity contribution in [3.63, 3.8) is 0 Å². The standard InChI is InChI=1S/C50H76N2O9/c1-3-5-7-9-11-13-15-17-19-21-23-29-37-59-49(57)52(50(58)60-38-30-24-22-20-18-16-14-12-10-8-6-4-2)46(53)36-35-45(47(54)55)51-48(56)61-39-44-42-33-27-25-31-40(42)41-32-26-28-34-43(41)44/h25-28,31-34,44-45H,3-24,29-30,35-39H2,1-2H3,(H,51,56)(H,54,55)/t45-/m1/s1. The average molecular weight is 849 g/mol. The van der Waals surface area contributed by atoms with Gasteiger partial charge in [0.15, 0.2) is 0 Å².